The van der Waals surface area contributed by atoms with Crippen molar-refractivity contribution >= 4 is 59.3 Å². The summed E-state index contributed by atoms with van der Waals surface area (Å²) in [5, 5.41) is 46.0. The van der Waals surface area contributed by atoms with Crippen LogP contribution in [0.1, 0.15) is 39.5 Å². The average Bonchev–Trinajstić information content (AvgIpc) is 2.85. The molecule has 21 nitrogen and oxygen atoms in total. The van der Waals surface area contributed by atoms with E-state index in [9.17, 15) is 47.9 Å². The quantitative estimate of drug-likeness (QED) is 0.0641. The number of amides is 6. The third-order valence-electron chi connectivity index (χ3n) is 5.28. The molecule has 6 amide bonds. The molecule has 6 atom stereocenters. The minimum Gasteiger partial charge on any atom is -0.481 e. The molecule has 0 aromatic carbocycles. The second-order valence-corrected chi connectivity index (χ2v) is 9.05. The standard InChI is InChI=1S/C22H33N7O14/c1-7(26-20(40)10(5-15(33)34)28-19(39)9(23)3-14(31)32)17(37)25-8(2)18(38)27-11(6-16(35)36)21(41)29-12(22(42)43)4-13(24)30/h7-12H,3-6,23H2,1-2H3,(H2,24,30)(H,25,37)(H,26,40)(H,27,38)(H,28,39)(H,29,41)(H,31,32)(H,33,34)(H,35,36)(H,42,43)/t7-,8-,9-,10-,11-,12-/m0/s1. The number of hydrogen-bond acceptors (Lipinski definition) is 11. The molecule has 0 rings (SSSR count). The van der Waals surface area contributed by atoms with Crippen LogP contribution in [0.2, 0.25) is 0 Å². The number of carbonyl (C=O) groups is 10. The number of carboxylic acids is 4. The molecule has 0 saturated carbocycles. The largest absolute Gasteiger partial charge is 0.481 e. The first-order chi connectivity index (χ1) is 19.7. The number of carbonyl (C=O) groups excluding carboxylic acids is 6. The van der Waals surface area contributed by atoms with Crippen LogP contribution in [0.25, 0.3) is 0 Å². The van der Waals surface area contributed by atoms with Gasteiger partial charge in [-0.1, -0.05) is 0 Å². The normalized spacial score (nSPS) is 14.7. The third-order valence-corrected chi connectivity index (χ3v) is 5.28. The fourth-order valence-electron chi connectivity index (χ4n) is 3.08. The Morgan fingerprint density at radius 2 is 0.860 bits per heavy atom. The second-order valence-electron chi connectivity index (χ2n) is 9.05. The minimum absolute atomic E-state index is 0.825. The maximum Gasteiger partial charge on any atom is 0.326 e. The average molecular weight is 620 g/mol. The topological polar surface area (TPSA) is 364 Å². The monoisotopic (exact) mass is 619 g/mol. The van der Waals surface area contributed by atoms with Crippen LogP contribution >= 0.6 is 0 Å². The summed E-state index contributed by atoms with van der Waals surface area (Å²) < 4.78 is 0. The maximum absolute atomic E-state index is 12.6. The Morgan fingerprint density at radius 3 is 1.26 bits per heavy atom. The van der Waals surface area contributed by atoms with Crippen LogP contribution in [0.5, 0.6) is 0 Å². The second kappa shape index (κ2) is 17.5. The fourth-order valence-corrected chi connectivity index (χ4v) is 3.08. The Hall–Kier alpha value is -5.34. The molecule has 240 valence electrons. The molecule has 0 radical (unpaired) electrons. The molecule has 0 aliphatic heterocycles. The lowest BCUT2D eigenvalue weighted by atomic mass is 10.1. The zero-order valence-corrected chi connectivity index (χ0v) is 22.8. The maximum atomic E-state index is 12.6. The predicted octanol–water partition coefficient (Wildman–Crippen LogP) is -5.84. The molecule has 21 heteroatoms. The van der Waals surface area contributed by atoms with Gasteiger partial charge in [-0.15, -0.1) is 0 Å². The number of hydrogen-bond donors (Lipinski definition) is 11. The molecule has 0 spiro atoms. The smallest absolute Gasteiger partial charge is 0.326 e. The van der Waals surface area contributed by atoms with Crippen molar-refractivity contribution in [3.05, 3.63) is 0 Å². The predicted molar refractivity (Wildman–Crippen MR) is 137 cm³/mol. The molecule has 0 aliphatic rings. The number of primary amides is 1. The van der Waals surface area contributed by atoms with Crippen LogP contribution in [0.4, 0.5) is 0 Å². The van der Waals surface area contributed by atoms with E-state index >= 15 is 0 Å². The first-order valence-corrected chi connectivity index (χ1v) is 12.2. The minimum atomic E-state index is -1.86. The highest BCUT2D eigenvalue weighted by molar-refractivity contribution is 5.98. The van der Waals surface area contributed by atoms with Gasteiger partial charge in [0.05, 0.1) is 31.7 Å². The number of rotatable bonds is 19. The van der Waals surface area contributed by atoms with Crippen molar-refractivity contribution in [3.8, 4) is 0 Å². The molecule has 0 heterocycles. The van der Waals surface area contributed by atoms with Crippen molar-refractivity contribution in [2.24, 2.45) is 11.5 Å². The lowest BCUT2D eigenvalue weighted by Gasteiger charge is -2.24. The lowest BCUT2D eigenvalue weighted by molar-refractivity contribution is -0.145. The van der Waals surface area contributed by atoms with Crippen LogP contribution < -0.4 is 38.1 Å². The van der Waals surface area contributed by atoms with Crippen molar-refractivity contribution in [3.63, 3.8) is 0 Å². The van der Waals surface area contributed by atoms with E-state index in [0.29, 0.717) is 0 Å². The van der Waals surface area contributed by atoms with Gasteiger partial charge < -0.3 is 58.5 Å². The van der Waals surface area contributed by atoms with Crippen molar-refractivity contribution in [1.82, 2.24) is 26.6 Å². The summed E-state index contributed by atoms with van der Waals surface area (Å²) in [6, 6.07) is -10.0. The number of nitrogens with one attached hydrogen (secondary N) is 5. The fraction of sp³-hybridized carbons (Fsp3) is 0.545. The molecule has 0 unspecified atom stereocenters. The Labute approximate surface area is 242 Å². The van der Waals surface area contributed by atoms with Gasteiger partial charge in [0.1, 0.15) is 30.2 Å². The van der Waals surface area contributed by atoms with Gasteiger partial charge in [0.25, 0.3) is 0 Å². The van der Waals surface area contributed by atoms with E-state index in [1.807, 2.05) is 16.0 Å². The van der Waals surface area contributed by atoms with Gasteiger partial charge in [0, 0.05) is 0 Å². The Bertz CT molecular complexity index is 1140. The Morgan fingerprint density at radius 1 is 0.512 bits per heavy atom. The van der Waals surface area contributed by atoms with Crippen LogP contribution in [-0.2, 0) is 47.9 Å². The molecular formula is C22H33N7O14. The van der Waals surface area contributed by atoms with Crippen LogP contribution in [0.15, 0.2) is 0 Å². The van der Waals surface area contributed by atoms with Crippen LogP contribution in [0.3, 0.4) is 0 Å². The molecule has 0 aromatic heterocycles. The van der Waals surface area contributed by atoms with E-state index in [1.165, 1.54) is 0 Å². The first-order valence-electron chi connectivity index (χ1n) is 12.2. The van der Waals surface area contributed by atoms with E-state index in [4.69, 9.17) is 31.9 Å². The summed E-state index contributed by atoms with van der Waals surface area (Å²) in [6.07, 6.45) is -3.66. The molecule has 0 aliphatic carbocycles. The zero-order valence-electron chi connectivity index (χ0n) is 22.8. The first kappa shape index (κ1) is 37.7. The number of nitrogens with two attached hydrogens (primary N) is 2. The van der Waals surface area contributed by atoms with E-state index in [-0.39, 0.29) is 0 Å². The van der Waals surface area contributed by atoms with Crippen molar-refractivity contribution in [2.75, 3.05) is 0 Å². The van der Waals surface area contributed by atoms with E-state index < -0.39 is 121 Å². The highest BCUT2D eigenvalue weighted by Crippen LogP contribution is 2.01. The Kier molecular flexibility index (Phi) is 15.3. The molecule has 0 saturated heterocycles. The SMILES string of the molecule is C[C@H](NC(=O)[C@H](C)NC(=O)[C@H](CC(=O)O)NC(=O)[C@@H](N)CC(=O)O)C(=O)N[C@@H](CC(=O)O)C(=O)N[C@@H](CC(N)=O)C(=O)O. The number of aliphatic carboxylic acids is 4. The molecule has 0 bridgehead atoms. The van der Waals surface area contributed by atoms with Crippen LogP contribution in [-0.4, -0.2) is 116 Å². The molecule has 0 fully saturated rings. The summed E-state index contributed by atoms with van der Waals surface area (Å²) in [7, 11) is 0. The van der Waals surface area contributed by atoms with Crippen LogP contribution in [0, 0.1) is 0 Å². The molecule has 43 heavy (non-hydrogen) atoms. The highest BCUT2D eigenvalue weighted by atomic mass is 16.4. The van der Waals surface area contributed by atoms with Crippen molar-refractivity contribution in [1.29, 1.82) is 0 Å². The molecular weight excluding hydrogens is 586 g/mol. The van der Waals surface area contributed by atoms with Crippen molar-refractivity contribution in [2.45, 2.75) is 75.8 Å². The molecule has 13 N–H and O–H groups in total. The van der Waals surface area contributed by atoms with Gasteiger partial charge in [-0.2, -0.15) is 0 Å². The summed E-state index contributed by atoms with van der Waals surface area (Å²) in [5.74, 6) is -13.1. The number of carboxylic acid groups (broad SMARTS) is 4. The third kappa shape index (κ3) is 14.7. The Balaban J connectivity index is 5.39. The van der Waals surface area contributed by atoms with E-state index in [0.717, 1.165) is 13.8 Å². The summed E-state index contributed by atoms with van der Waals surface area (Å²) in [4.78, 5) is 117. The molecule has 0 aromatic rings. The van der Waals surface area contributed by atoms with Crippen molar-refractivity contribution < 1.29 is 68.4 Å². The highest BCUT2D eigenvalue weighted by Gasteiger charge is 2.32. The lowest BCUT2D eigenvalue weighted by Crippen LogP contribution is -2.58. The van der Waals surface area contributed by atoms with Gasteiger partial charge in [0.2, 0.25) is 35.4 Å². The van der Waals surface area contributed by atoms with Gasteiger partial charge >= 0.3 is 23.9 Å². The summed E-state index contributed by atoms with van der Waals surface area (Å²) >= 11 is 0. The van der Waals surface area contributed by atoms with Gasteiger partial charge in [0.15, 0.2) is 0 Å². The zero-order chi connectivity index (χ0) is 33.6. The van der Waals surface area contributed by atoms with E-state index in [2.05, 4.69) is 10.6 Å². The van der Waals surface area contributed by atoms with Gasteiger partial charge in [-0.25, -0.2) is 4.79 Å². The van der Waals surface area contributed by atoms with E-state index in [1.54, 1.807) is 0 Å². The summed E-state index contributed by atoms with van der Waals surface area (Å²) in [5.41, 5.74) is 10.3. The summed E-state index contributed by atoms with van der Waals surface area (Å²) in [6.45, 7) is 2.21. The van der Waals surface area contributed by atoms with Gasteiger partial charge in [-0.05, 0) is 13.8 Å². The van der Waals surface area contributed by atoms with Gasteiger partial charge in [-0.3, -0.25) is 43.2 Å².